The predicted molar refractivity (Wildman–Crippen MR) is 81.5 cm³/mol. The number of aryl methyl sites for hydroxylation is 1. The van der Waals surface area contributed by atoms with Crippen molar-refractivity contribution in [1.29, 1.82) is 0 Å². The second kappa shape index (κ2) is 5.31. The van der Waals surface area contributed by atoms with Gasteiger partial charge in [-0.2, -0.15) is 0 Å². The van der Waals surface area contributed by atoms with Gasteiger partial charge < -0.3 is 4.74 Å². The number of aromatic nitrogens is 4. The Morgan fingerprint density at radius 2 is 2.23 bits per heavy atom. The van der Waals surface area contributed by atoms with Gasteiger partial charge in [-0.1, -0.05) is 0 Å². The minimum Gasteiger partial charge on any atom is -0.493 e. The fourth-order valence-electron chi connectivity index (χ4n) is 2.85. The van der Waals surface area contributed by atoms with Gasteiger partial charge in [0.05, 0.1) is 11.1 Å². The van der Waals surface area contributed by atoms with Crippen molar-refractivity contribution in [2.24, 2.45) is 0 Å². The van der Waals surface area contributed by atoms with Gasteiger partial charge in [0.15, 0.2) is 5.65 Å². The molecule has 0 amide bonds. The Labute approximate surface area is 134 Å². The first-order valence-corrected chi connectivity index (χ1v) is 7.79. The molecule has 2 aromatic heterocycles. The predicted octanol–water partition coefficient (Wildman–Crippen LogP) is 2.75. The molecule has 112 valence electrons. The maximum absolute atomic E-state index is 14.2. The quantitative estimate of drug-likeness (QED) is 0.718. The van der Waals surface area contributed by atoms with E-state index in [9.17, 15) is 4.39 Å². The maximum Gasteiger partial charge on any atom is 0.177 e. The summed E-state index contributed by atoms with van der Waals surface area (Å²) in [6.45, 7) is 0.623. The Bertz CT molecular complexity index is 864. The van der Waals surface area contributed by atoms with Gasteiger partial charge >= 0.3 is 0 Å². The summed E-state index contributed by atoms with van der Waals surface area (Å²) in [6, 6.07) is 3.18. The lowest BCUT2D eigenvalue weighted by molar-refractivity contribution is 0.356. The average Bonchev–Trinajstić information content (AvgIpc) is 3.17. The van der Waals surface area contributed by atoms with Gasteiger partial charge in [-0.05, 0) is 40.0 Å². The van der Waals surface area contributed by atoms with Crippen molar-refractivity contribution < 1.29 is 9.13 Å². The van der Waals surface area contributed by atoms with E-state index in [2.05, 4.69) is 31.1 Å². The molecule has 7 heteroatoms. The standard InChI is InChI=1S/C15H12BrFN4O/c16-11-7-18-14(21-8-19-20-15(11)21)4-1-9-10-5-6-22-13(10)3-2-12(9)17/h2-3,7-8H,1,4-6H2. The topological polar surface area (TPSA) is 52.3 Å². The van der Waals surface area contributed by atoms with Crippen molar-refractivity contribution in [2.45, 2.75) is 19.3 Å². The largest absolute Gasteiger partial charge is 0.493 e. The number of rotatable bonds is 3. The second-order valence-corrected chi connectivity index (χ2v) is 6.00. The van der Waals surface area contributed by atoms with Crippen molar-refractivity contribution >= 4 is 21.6 Å². The summed E-state index contributed by atoms with van der Waals surface area (Å²) in [4.78, 5) is 4.40. The van der Waals surface area contributed by atoms with Crippen molar-refractivity contribution in [3.8, 4) is 5.75 Å². The van der Waals surface area contributed by atoms with Crippen LogP contribution in [0, 0.1) is 5.82 Å². The number of benzene rings is 1. The normalized spacial score (nSPS) is 13.4. The number of ether oxygens (including phenoxy) is 1. The fraction of sp³-hybridized carbons (Fsp3) is 0.267. The zero-order chi connectivity index (χ0) is 15.1. The molecule has 0 fully saturated rings. The van der Waals surface area contributed by atoms with Gasteiger partial charge in [0, 0.05) is 24.6 Å². The Kier molecular flexibility index (Phi) is 3.29. The number of halogens is 2. The van der Waals surface area contributed by atoms with E-state index < -0.39 is 0 Å². The van der Waals surface area contributed by atoms with Crippen LogP contribution in [0.3, 0.4) is 0 Å². The highest BCUT2D eigenvalue weighted by Gasteiger charge is 2.19. The van der Waals surface area contributed by atoms with Gasteiger partial charge in [-0.25, -0.2) is 9.37 Å². The van der Waals surface area contributed by atoms with Crippen LogP contribution >= 0.6 is 15.9 Å². The first kappa shape index (κ1) is 13.6. The van der Waals surface area contributed by atoms with Gasteiger partial charge in [0.25, 0.3) is 0 Å². The SMILES string of the molecule is Fc1ccc2c(c1CCc1ncc(Br)c3nncn13)CCO2. The van der Waals surface area contributed by atoms with Crippen LogP contribution in [0.15, 0.2) is 29.1 Å². The molecule has 1 aromatic carbocycles. The van der Waals surface area contributed by atoms with Crippen molar-refractivity contribution in [3.05, 3.63) is 51.9 Å². The smallest absolute Gasteiger partial charge is 0.177 e. The van der Waals surface area contributed by atoms with E-state index in [0.29, 0.717) is 25.1 Å². The highest BCUT2D eigenvalue weighted by atomic mass is 79.9. The highest BCUT2D eigenvalue weighted by molar-refractivity contribution is 9.10. The Morgan fingerprint density at radius 1 is 1.32 bits per heavy atom. The molecule has 22 heavy (non-hydrogen) atoms. The summed E-state index contributed by atoms with van der Waals surface area (Å²) in [7, 11) is 0. The minimum atomic E-state index is -0.179. The van der Waals surface area contributed by atoms with Crippen LogP contribution in [0.4, 0.5) is 4.39 Å². The lowest BCUT2D eigenvalue weighted by Gasteiger charge is -2.09. The van der Waals surface area contributed by atoms with E-state index in [4.69, 9.17) is 4.74 Å². The van der Waals surface area contributed by atoms with Gasteiger partial charge in [-0.3, -0.25) is 4.40 Å². The van der Waals surface area contributed by atoms with E-state index in [0.717, 1.165) is 33.6 Å². The monoisotopic (exact) mass is 362 g/mol. The Balaban J connectivity index is 1.67. The molecule has 1 aliphatic rings. The molecule has 0 atom stereocenters. The van der Waals surface area contributed by atoms with Crippen LogP contribution in [0.5, 0.6) is 5.75 Å². The first-order valence-electron chi connectivity index (χ1n) is 7.00. The third-order valence-corrected chi connectivity index (χ3v) is 4.47. The second-order valence-electron chi connectivity index (χ2n) is 5.15. The maximum atomic E-state index is 14.2. The highest BCUT2D eigenvalue weighted by Crippen LogP contribution is 2.31. The zero-order valence-electron chi connectivity index (χ0n) is 11.6. The molecule has 3 heterocycles. The van der Waals surface area contributed by atoms with Crippen molar-refractivity contribution in [3.63, 3.8) is 0 Å². The lowest BCUT2D eigenvalue weighted by atomic mass is 10.00. The van der Waals surface area contributed by atoms with Gasteiger partial charge in [-0.15, -0.1) is 10.2 Å². The van der Waals surface area contributed by atoms with Crippen LogP contribution in [0.25, 0.3) is 5.65 Å². The third-order valence-electron chi connectivity index (χ3n) is 3.91. The summed E-state index contributed by atoms with van der Waals surface area (Å²) in [5.74, 6) is 1.43. The summed E-state index contributed by atoms with van der Waals surface area (Å²) in [5.41, 5.74) is 2.42. The number of hydrogen-bond donors (Lipinski definition) is 0. The van der Waals surface area contributed by atoms with Gasteiger partial charge in [0.1, 0.15) is 23.7 Å². The minimum absolute atomic E-state index is 0.179. The van der Waals surface area contributed by atoms with Crippen molar-refractivity contribution in [1.82, 2.24) is 19.6 Å². The summed E-state index contributed by atoms with van der Waals surface area (Å²) < 4.78 is 22.3. The summed E-state index contributed by atoms with van der Waals surface area (Å²) in [5, 5.41) is 7.94. The van der Waals surface area contributed by atoms with E-state index in [1.165, 1.54) is 6.07 Å². The lowest BCUT2D eigenvalue weighted by Crippen LogP contribution is -2.05. The van der Waals surface area contributed by atoms with E-state index >= 15 is 0 Å². The van der Waals surface area contributed by atoms with E-state index in [1.807, 2.05) is 4.40 Å². The molecule has 0 radical (unpaired) electrons. The molecule has 5 nitrogen and oxygen atoms in total. The van der Waals surface area contributed by atoms with Crippen LogP contribution < -0.4 is 4.74 Å². The van der Waals surface area contributed by atoms with Crippen LogP contribution in [-0.2, 0) is 19.3 Å². The zero-order valence-corrected chi connectivity index (χ0v) is 13.2. The molecule has 4 rings (SSSR count). The summed E-state index contributed by atoms with van der Waals surface area (Å²) >= 11 is 3.40. The molecule has 0 unspecified atom stereocenters. The molecule has 1 aliphatic heterocycles. The molecule has 0 saturated carbocycles. The molecule has 0 bridgehead atoms. The fourth-order valence-corrected chi connectivity index (χ4v) is 3.22. The Morgan fingerprint density at radius 3 is 3.14 bits per heavy atom. The molecule has 3 aromatic rings. The molecular weight excluding hydrogens is 351 g/mol. The molecule has 0 saturated heterocycles. The molecule has 0 N–H and O–H groups in total. The number of nitrogens with zero attached hydrogens (tertiary/aromatic N) is 4. The van der Waals surface area contributed by atoms with Crippen LogP contribution in [-0.4, -0.2) is 26.2 Å². The average molecular weight is 363 g/mol. The van der Waals surface area contributed by atoms with E-state index in [-0.39, 0.29) is 5.82 Å². The van der Waals surface area contributed by atoms with Crippen LogP contribution in [0.1, 0.15) is 17.0 Å². The molecular formula is C15H12BrFN4O. The Hall–Kier alpha value is -2.02. The van der Waals surface area contributed by atoms with E-state index in [1.54, 1.807) is 18.6 Å². The van der Waals surface area contributed by atoms with Crippen molar-refractivity contribution in [2.75, 3.05) is 6.61 Å². The number of fused-ring (bicyclic) bond motifs is 2. The summed E-state index contributed by atoms with van der Waals surface area (Å²) in [6.07, 6.45) is 5.26. The van der Waals surface area contributed by atoms with Gasteiger partial charge in [0.2, 0.25) is 0 Å². The first-order chi connectivity index (χ1) is 10.7. The van der Waals surface area contributed by atoms with Crippen LogP contribution in [0.2, 0.25) is 0 Å². The third kappa shape index (κ3) is 2.16. The molecule has 0 spiro atoms. The number of hydrogen-bond acceptors (Lipinski definition) is 4. The molecule has 0 aliphatic carbocycles.